The van der Waals surface area contributed by atoms with Gasteiger partial charge in [-0.15, -0.1) is 0 Å². The molecule has 1 aromatic rings. The van der Waals surface area contributed by atoms with Crippen LogP contribution in [0.3, 0.4) is 0 Å². The Morgan fingerprint density at radius 2 is 2.00 bits per heavy atom. The van der Waals surface area contributed by atoms with Crippen LogP contribution in [0.4, 0.5) is 18.9 Å². The maximum Gasteiger partial charge on any atom is 0.393 e. The maximum atomic E-state index is 12.3. The molecule has 0 aliphatic heterocycles. The summed E-state index contributed by atoms with van der Waals surface area (Å²) in [5.74, 6) is -1.69. The number of nitrogens with zero attached hydrogens (tertiary/aromatic N) is 1. The Kier molecular flexibility index (Phi) is 4.27. The lowest BCUT2D eigenvalue weighted by atomic mass is 10.0. The highest BCUT2D eigenvalue weighted by Gasteiger charge is 2.29. The monoisotopic (exact) mass is 270 g/mol. The highest BCUT2D eigenvalue weighted by molar-refractivity contribution is 6.39. The summed E-state index contributed by atoms with van der Waals surface area (Å²) in [6, 6.07) is 5.10. The molecule has 0 atom stereocenters. The number of Topliss-reactive ketones (excluding diaryl/α,β-unsaturated/α-hetero) is 1. The Morgan fingerprint density at radius 3 is 2.47 bits per heavy atom. The van der Waals surface area contributed by atoms with Crippen LogP contribution < -0.4 is 5.32 Å². The molecule has 0 aliphatic rings. The maximum absolute atomic E-state index is 12.3. The Morgan fingerprint density at radius 1 is 1.37 bits per heavy atom. The van der Waals surface area contributed by atoms with E-state index in [1.165, 1.54) is 6.07 Å². The van der Waals surface area contributed by atoms with Gasteiger partial charge in [0, 0.05) is 12.6 Å². The fourth-order valence-electron chi connectivity index (χ4n) is 1.36. The first-order valence-corrected chi connectivity index (χ1v) is 5.14. The van der Waals surface area contributed by atoms with E-state index in [0.717, 1.165) is 19.1 Å². The number of nitrogens with one attached hydrogen (secondary N) is 1. The van der Waals surface area contributed by atoms with Crippen molar-refractivity contribution in [2.45, 2.75) is 19.5 Å². The first-order chi connectivity index (χ1) is 8.73. The van der Waals surface area contributed by atoms with E-state index in [2.05, 4.69) is 5.32 Å². The van der Waals surface area contributed by atoms with E-state index < -0.39 is 24.3 Å². The van der Waals surface area contributed by atoms with E-state index in [1.807, 2.05) is 0 Å². The van der Waals surface area contributed by atoms with Crippen LogP contribution in [0.1, 0.15) is 18.1 Å². The lowest BCUT2D eigenvalue weighted by molar-refractivity contribution is -0.133. The van der Waals surface area contributed by atoms with Gasteiger partial charge in [-0.25, -0.2) is 0 Å². The number of halogens is 3. The highest BCUT2D eigenvalue weighted by atomic mass is 19.4. The number of carbonyl (C=O) groups excluding carboxylic acids is 2. The van der Waals surface area contributed by atoms with Crippen LogP contribution in [-0.2, 0) is 16.0 Å². The summed E-state index contributed by atoms with van der Waals surface area (Å²) >= 11 is 0. The molecule has 4 nitrogen and oxygen atoms in total. The largest absolute Gasteiger partial charge is 0.393 e. The Bertz CT molecular complexity index is 559. The van der Waals surface area contributed by atoms with Crippen molar-refractivity contribution in [2.24, 2.45) is 0 Å². The van der Waals surface area contributed by atoms with Gasteiger partial charge in [0.1, 0.15) is 0 Å². The second kappa shape index (κ2) is 5.52. The molecule has 0 fully saturated rings. The van der Waals surface area contributed by atoms with Crippen LogP contribution in [0, 0.1) is 11.3 Å². The third kappa shape index (κ3) is 4.43. The molecule has 19 heavy (non-hydrogen) atoms. The van der Waals surface area contributed by atoms with Crippen molar-refractivity contribution in [3.8, 4) is 6.07 Å². The first kappa shape index (κ1) is 14.7. The third-order valence-electron chi connectivity index (χ3n) is 2.19. The van der Waals surface area contributed by atoms with Crippen molar-refractivity contribution in [2.75, 3.05) is 5.32 Å². The minimum atomic E-state index is -4.46. The number of benzene rings is 1. The Balaban J connectivity index is 3.06. The number of nitriles is 1. The number of ketones is 1. The van der Waals surface area contributed by atoms with Crippen LogP contribution in [-0.4, -0.2) is 17.9 Å². The zero-order chi connectivity index (χ0) is 14.6. The van der Waals surface area contributed by atoms with E-state index in [0.29, 0.717) is 0 Å². The smallest absolute Gasteiger partial charge is 0.319 e. The highest BCUT2D eigenvalue weighted by Crippen LogP contribution is 2.25. The van der Waals surface area contributed by atoms with Crippen molar-refractivity contribution in [1.29, 1.82) is 5.26 Å². The number of amides is 1. The molecule has 0 aliphatic carbocycles. The molecule has 1 N–H and O–H groups in total. The fraction of sp³-hybridized carbons (Fsp3) is 0.250. The van der Waals surface area contributed by atoms with Gasteiger partial charge in [0.2, 0.25) is 5.78 Å². The SMILES string of the molecule is CC(=O)C(=O)Nc1ccc(C#N)c(CC(F)(F)F)c1. The number of carbonyl (C=O) groups is 2. The van der Waals surface area contributed by atoms with Gasteiger partial charge in [-0.2, -0.15) is 18.4 Å². The summed E-state index contributed by atoms with van der Waals surface area (Å²) in [4.78, 5) is 21.9. The topological polar surface area (TPSA) is 70.0 Å². The van der Waals surface area contributed by atoms with Crippen molar-refractivity contribution in [3.63, 3.8) is 0 Å². The van der Waals surface area contributed by atoms with Crippen LogP contribution in [0.2, 0.25) is 0 Å². The zero-order valence-corrected chi connectivity index (χ0v) is 9.84. The van der Waals surface area contributed by atoms with E-state index >= 15 is 0 Å². The number of rotatable bonds is 3. The van der Waals surface area contributed by atoms with Crippen molar-refractivity contribution in [1.82, 2.24) is 0 Å². The van der Waals surface area contributed by atoms with Gasteiger partial charge in [0.15, 0.2) is 0 Å². The average Bonchev–Trinajstić information content (AvgIpc) is 2.27. The number of hydrogen-bond acceptors (Lipinski definition) is 3. The molecule has 0 saturated carbocycles. The molecular formula is C12H9F3N2O2. The molecule has 1 aromatic carbocycles. The molecule has 100 valence electrons. The summed E-state index contributed by atoms with van der Waals surface area (Å²) < 4.78 is 37.0. The molecule has 0 aromatic heterocycles. The lowest BCUT2D eigenvalue weighted by Crippen LogP contribution is -2.20. The fourth-order valence-corrected chi connectivity index (χ4v) is 1.36. The van der Waals surface area contributed by atoms with Gasteiger partial charge < -0.3 is 5.32 Å². The second-order valence-electron chi connectivity index (χ2n) is 3.79. The summed E-state index contributed by atoms with van der Waals surface area (Å²) in [6.07, 6.45) is -5.74. The predicted octanol–water partition coefficient (Wildman–Crippen LogP) is 2.19. The third-order valence-corrected chi connectivity index (χ3v) is 2.19. The quantitative estimate of drug-likeness (QED) is 0.856. The minimum Gasteiger partial charge on any atom is -0.319 e. The number of alkyl halides is 3. The molecule has 0 unspecified atom stereocenters. The molecule has 0 saturated heterocycles. The minimum absolute atomic E-state index is 0.0402. The van der Waals surface area contributed by atoms with E-state index in [9.17, 15) is 22.8 Å². The number of hydrogen-bond donors (Lipinski definition) is 1. The van der Waals surface area contributed by atoms with Crippen molar-refractivity contribution in [3.05, 3.63) is 29.3 Å². The molecular weight excluding hydrogens is 261 g/mol. The summed E-state index contributed by atoms with van der Waals surface area (Å²) in [6.45, 7) is 1.04. The van der Waals surface area contributed by atoms with Crippen LogP contribution >= 0.6 is 0 Å². The van der Waals surface area contributed by atoms with Crippen LogP contribution in [0.25, 0.3) is 0 Å². The first-order valence-electron chi connectivity index (χ1n) is 5.14. The molecule has 1 rings (SSSR count). The second-order valence-corrected chi connectivity index (χ2v) is 3.79. The standard InChI is InChI=1S/C12H9F3N2O2/c1-7(18)11(19)17-10-3-2-8(6-16)9(4-10)5-12(13,14)15/h2-4H,5H2,1H3,(H,17,19). The summed E-state index contributed by atoms with van der Waals surface area (Å²) in [5.41, 5.74) is -0.340. The summed E-state index contributed by atoms with van der Waals surface area (Å²) in [5, 5.41) is 10.9. The lowest BCUT2D eigenvalue weighted by Gasteiger charge is -2.10. The van der Waals surface area contributed by atoms with Gasteiger partial charge in [0.25, 0.3) is 5.91 Å². The van der Waals surface area contributed by atoms with Gasteiger partial charge >= 0.3 is 6.18 Å². The van der Waals surface area contributed by atoms with E-state index in [1.54, 1.807) is 6.07 Å². The van der Waals surface area contributed by atoms with Gasteiger partial charge in [-0.1, -0.05) is 0 Å². The van der Waals surface area contributed by atoms with Crippen LogP contribution in [0.5, 0.6) is 0 Å². The molecule has 0 radical (unpaired) electrons. The Hall–Kier alpha value is -2.36. The number of anilines is 1. The summed E-state index contributed by atoms with van der Waals surface area (Å²) in [7, 11) is 0. The Labute approximate surface area is 106 Å². The van der Waals surface area contributed by atoms with Crippen molar-refractivity contribution < 1.29 is 22.8 Å². The van der Waals surface area contributed by atoms with Gasteiger partial charge in [-0.3, -0.25) is 9.59 Å². The predicted molar refractivity (Wildman–Crippen MR) is 60.2 cm³/mol. The van der Waals surface area contributed by atoms with Gasteiger partial charge in [-0.05, 0) is 23.8 Å². The molecule has 0 heterocycles. The average molecular weight is 270 g/mol. The zero-order valence-electron chi connectivity index (χ0n) is 9.84. The van der Waals surface area contributed by atoms with Gasteiger partial charge in [0.05, 0.1) is 18.1 Å². The van der Waals surface area contributed by atoms with E-state index in [4.69, 9.17) is 5.26 Å². The molecule has 0 spiro atoms. The normalized spacial score (nSPS) is 10.7. The molecule has 1 amide bonds. The molecule has 0 bridgehead atoms. The van der Waals surface area contributed by atoms with Crippen LogP contribution in [0.15, 0.2) is 18.2 Å². The van der Waals surface area contributed by atoms with Crippen molar-refractivity contribution >= 4 is 17.4 Å². The molecule has 7 heteroatoms. The van der Waals surface area contributed by atoms with E-state index in [-0.39, 0.29) is 16.8 Å².